The van der Waals surface area contributed by atoms with Crippen LogP contribution in [0.3, 0.4) is 0 Å². The number of benzene rings is 2. The minimum Gasteiger partial charge on any atom is -0.316 e. The van der Waals surface area contributed by atoms with Gasteiger partial charge in [-0.1, -0.05) is 30.3 Å². The van der Waals surface area contributed by atoms with E-state index in [1.54, 1.807) is 6.08 Å². The third-order valence-corrected chi connectivity index (χ3v) is 3.51. The van der Waals surface area contributed by atoms with E-state index in [-0.39, 0.29) is 16.4 Å². The number of nitro groups is 1. The highest BCUT2D eigenvalue weighted by Crippen LogP contribution is 2.11. The first kappa shape index (κ1) is 16.1. The third kappa shape index (κ3) is 3.78. The van der Waals surface area contributed by atoms with Crippen molar-refractivity contribution in [3.8, 4) is 0 Å². The van der Waals surface area contributed by atoms with Crippen molar-refractivity contribution in [3.05, 3.63) is 107 Å². The van der Waals surface area contributed by atoms with Gasteiger partial charge in [0.1, 0.15) is 10.7 Å². The van der Waals surface area contributed by atoms with Crippen LogP contribution in [0.2, 0.25) is 0 Å². The molecule has 0 saturated carbocycles. The summed E-state index contributed by atoms with van der Waals surface area (Å²) in [7, 11) is 0. The summed E-state index contributed by atoms with van der Waals surface area (Å²) in [4.78, 5) is 39.6. The average molecular weight is 335 g/mol. The van der Waals surface area contributed by atoms with E-state index >= 15 is 0 Å². The average Bonchev–Trinajstić information content (AvgIpc) is 2.60. The molecule has 124 valence electrons. The van der Waals surface area contributed by atoms with E-state index in [1.807, 2.05) is 30.3 Å². The predicted octanol–water partition coefficient (Wildman–Crippen LogP) is 0.629. The fourth-order valence-electron chi connectivity index (χ4n) is 2.27. The van der Waals surface area contributed by atoms with Gasteiger partial charge in [0.2, 0.25) is 0 Å². The zero-order chi connectivity index (χ0) is 17.8. The Hall–Kier alpha value is -3.74. The number of nitrogens with one attached hydrogen (secondary N) is 2. The number of nitrogens with zero attached hydrogens (tertiary/aromatic N) is 1. The molecule has 0 radical (unpaired) electrons. The van der Waals surface area contributed by atoms with Crippen molar-refractivity contribution in [2.24, 2.45) is 0 Å². The summed E-state index contributed by atoms with van der Waals surface area (Å²) in [6.45, 7) is 0. The molecule has 0 aliphatic heterocycles. The second-order valence-electron chi connectivity index (χ2n) is 5.28. The molecule has 0 saturated heterocycles. The fraction of sp³-hybridized carbons (Fsp3) is 0. The Morgan fingerprint density at radius 1 is 0.760 bits per heavy atom. The van der Waals surface area contributed by atoms with Crippen molar-refractivity contribution in [1.82, 2.24) is 9.97 Å². The zero-order valence-electron chi connectivity index (χ0n) is 12.9. The second-order valence-corrected chi connectivity index (χ2v) is 5.28. The van der Waals surface area contributed by atoms with E-state index in [4.69, 9.17) is 0 Å². The topological polar surface area (TPSA) is 109 Å². The van der Waals surface area contributed by atoms with Crippen LogP contribution in [0.1, 0.15) is 11.1 Å². The maximum absolute atomic E-state index is 12.2. The van der Waals surface area contributed by atoms with Gasteiger partial charge >= 0.3 is 0 Å². The molecule has 0 aliphatic rings. The Morgan fingerprint density at radius 2 is 1.24 bits per heavy atom. The molecule has 2 N–H and O–H groups in total. The number of hydrogen-bond donors (Lipinski definition) is 2. The van der Waals surface area contributed by atoms with Gasteiger partial charge in [0.05, 0.1) is 4.92 Å². The largest absolute Gasteiger partial charge is 0.316 e. The Kier molecular flexibility index (Phi) is 4.38. The third-order valence-electron chi connectivity index (χ3n) is 3.51. The summed E-state index contributed by atoms with van der Waals surface area (Å²) >= 11 is 0. The molecule has 7 nitrogen and oxygen atoms in total. The number of nitro benzene ring substituents is 1. The summed E-state index contributed by atoms with van der Waals surface area (Å²) in [6.07, 6.45) is 3.03. The molecule has 0 fully saturated rings. The lowest BCUT2D eigenvalue weighted by Crippen LogP contribution is -2.46. The summed E-state index contributed by atoms with van der Waals surface area (Å²) in [6, 6.07) is 14.8. The summed E-state index contributed by atoms with van der Waals surface area (Å²) in [5.74, 6) is 0. The van der Waals surface area contributed by atoms with Crippen LogP contribution in [0, 0.1) is 10.1 Å². The van der Waals surface area contributed by atoms with Gasteiger partial charge in [-0.15, -0.1) is 0 Å². The van der Waals surface area contributed by atoms with Crippen molar-refractivity contribution in [1.29, 1.82) is 0 Å². The molecule has 0 bridgehead atoms. The van der Waals surface area contributed by atoms with Gasteiger partial charge < -0.3 is 9.97 Å². The van der Waals surface area contributed by atoms with Crippen molar-refractivity contribution >= 4 is 17.8 Å². The summed E-state index contributed by atoms with van der Waals surface area (Å²) < 4.78 is 0. The number of aromatic amines is 2. The Labute approximate surface area is 140 Å². The van der Waals surface area contributed by atoms with Gasteiger partial charge in [-0.25, -0.2) is 0 Å². The van der Waals surface area contributed by atoms with Gasteiger partial charge in [0.25, 0.3) is 16.8 Å². The standard InChI is InChI=1S/C18H13N3O4/c22-17-15(10-12-4-2-1-3-5-12)19-18(23)16(20-17)11-13-6-8-14(9-7-13)21(24)25/h1-11H,(H,19,23)(H,20,22). The fourth-order valence-corrected chi connectivity index (χ4v) is 2.27. The lowest BCUT2D eigenvalue weighted by Gasteiger charge is -1.95. The minimum absolute atomic E-state index is 0.0487. The first-order valence-electron chi connectivity index (χ1n) is 7.38. The van der Waals surface area contributed by atoms with Gasteiger partial charge in [0.15, 0.2) is 0 Å². The number of H-pyrrole nitrogens is 2. The number of hydrogen-bond acceptors (Lipinski definition) is 4. The van der Waals surface area contributed by atoms with Crippen molar-refractivity contribution in [3.63, 3.8) is 0 Å². The number of non-ortho nitro benzene ring substituents is 1. The second kappa shape index (κ2) is 6.79. The highest BCUT2D eigenvalue weighted by atomic mass is 16.6. The summed E-state index contributed by atoms with van der Waals surface area (Å²) in [5.41, 5.74) is 0.409. The molecule has 0 spiro atoms. The molecular formula is C18H13N3O4. The van der Waals surface area contributed by atoms with E-state index in [0.717, 1.165) is 5.56 Å². The van der Waals surface area contributed by atoms with Crippen LogP contribution in [0.5, 0.6) is 0 Å². The number of rotatable bonds is 3. The Morgan fingerprint density at radius 3 is 1.72 bits per heavy atom. The highest BCUT2D eigenvalue weighted by molar-refractivity contribution is 5.51. The lowest BCUT2D eigenvalue weighted by atomic mass is 10.2. The molecule has 3 rings (SSSR count). The monoisotopic (exact) mass is 335 g/mol. The van der Waals surface area contributed by atoms with E-state index in [0.29, 0.717) is 5.56 Å². The molecule has 0 aliphatic carbocycles. The molecule has 3 aromatic rings. The van der Waals surface area contributed by atoms with E-state index in [2.05, 4.69) is 9.97 Å². The molecule has 0 amide bonds. The van der Waals surface area contributed by atoms with Crippen LogP contribution >= 0.6 is 0 Å². The number of aromatic nitrogens is 2. The van der Waals surface area contributed by atoms with Gasteiger partial charge in [-0.3, -0.25) is 19.7 Å². The highest BCUT2D eigenvalue weighted by Gasteiger charge is 2.03. The van der Waals surface area contributed by atoms with Crippen LogP contribution in [0.4, 0.5) is 5.69 Å². The molecule has 1 heterocycles. The maximum atomic E-state index is 12.2. The van der Waals surface area contributed by atoms with E-state index in [1.165, 1.54) is 30.3 Å². The van der Waals surface area contributed by atoms with E-state index in [9.17, 15) is 19.7 Å². The molecule has 1 aromatic heterocycles. The van der Waals surface area contributed by atoms with Gasteiger partial charge in [-0.05, 0) is 35.4 Å². The molecule has 2 aromatic carbocycles. The molecule has 0 atom stereocenters. The maximum Gasteiger partial charge on any atom is 0.272 e. The minimum atomic E-state index is -0.507. The molecule has 0 unspecified atom stereocenters. The van der Waals surface area contributed by atoms with Crippen LogP contribution in [0.15, 0.2) is 64.2 Å². The Balaban J connectivity index is 2.06. The predicted molar refractivity (Wildman–Crippen MR) is 93.6 cm³/mol. The Bertz CT molecular complexity index is 1140. The van der Waals surface area contributed by atoms with Crippen LogP contribution in [-0.2, 0) is 0 Å². The van der Waals surface area contributed by atoms with Crippen LogP contribution < -0.4 is 21.8 Å². The van der Waals surface area contributed by atoms with Crippen molar-refractivity contribution in [2.75, 3.05) is 0 Å². The lowest BCUT2D eigenvalue weighted by molar-refractivity contribution is -0.384. The quantitative estimate of drug-likeness (QED) is 0.540. The van der Waals surface area contributed by atoms with Crippen LogP contribution in [-0.4, -0.2) is 14.9 Å². The first-order valence-corrected chi connectivity index (χ1v) is 7.38. The van der Waals surface area contributed by atoms with Crippen LogP contribution in [0.25, 0.3) is 12.2 Å². The van der Waals surface area contributed by atoms with E-state index < -0.39 is 16.0 Å². The molecule has 7 heteroatoms. The van der Waals surface area contributed by atoms with Gasteiger partial charge in [0, 0.05) is 12.1 Å². The zero-order valence-corrected chi connectivity index (χ0v) is 12.9. The first-order chi connectivity index (χ1) is 12.0. The van der Waals surface area contributed by atoms with Crippen molar-refractivity contribution in [2.45, 2.75) is 0 Å². The SMILES string of the molecule is O=c1[nH]c(=Cc2ccc([N+](=O)[O-])cc2)c(=O)[nH]c1=Cc1ccccc1. The molecule has 25 heavy (non-hydrogen) atoms. The molecular weight excluding hydrogens is 322 g/mol. The van der Waals surface area contributed by atoms with Gasteiger partial charge in [-0.2, -0.15) is 0 Å². The van der Waals surface area contributed by atoms with Crippen molar-refractivity contribution < 1.29 is 4.92 Å². The smallest absolute Gasteiger partial charge is 0.272 e. The normalized spacial score (nSPS) is 12.3. The summed E-state index contributed by atoms with van der Waals surface area (Å²) in [5, 5.41) is 10.9.